The predicted molar refractivity (Wildman–Crippen MR) is 83.2 cm³/mol. The molecule has 1 saturated heterocycles. The van der Waals surface area contributed by atoms with Crippen LogP contribution in [0.2, 0.25) is 0 Å². The van der Waals surface area contributed by atoms with E-state index in [1.165, 1.54) is 0 Å². The van der Waals surface area contributed by atoms with Crippen molar-refractivity contribution >= 4 is 11.6 Å². The number of benzene rings is 1. The molecular formula is C18H19NO3. The Morgan fingerprint density at radius 1 is 1.45 bits per heavy atom. The van der Waals surface area contributed by atoms with Gasteiger partial charge < -0.3 is 9.64 Å². The molecular weight excluding hydrogens is 278 g/mol. The highest BCUT2D eigenvalue weighted by Crippen LogP contribution is 2.26. The first-order valence-electron chi connectivity index (χ1n) is 7.69. The van der Waals surface area contributed by atoms with Crippen LogP contribution >= 0.6 is 0 Å². The lowest BCUT2D eigenvalue weighted by Crippen LogP contribution is -2.24. The molecule has 1 aromatic carbocycles. The number of hydrogen-bond donors (Lipinski definition) is 0. The van der Waals surface area contributed by atoms with E-state index in [1.54, 1.807) is 18.2 Å². The molecule has 2 aliphatic heterocycles. The zero-order valence-electron chi connectivity index (χ0n) is 12.5. The molecule has 2 heterocycles. The third-order valence-corrected chi connectivity index (χ3v) is 4.35. The second kappa shape index (κ2) is 6.33. The van der Waals surface area contributed by atoms with Gasteiger partial charge in [-0.2, -0.15) is 0 Å². The van der Waals surface area contributed by atoms with Crippen molar-refractivity contribution in [1.29, 1.82) is 0 Å². The van der Waals surface area contributed by atoms with Gasteiger partial charge in [0.05, 0.1) is 12.2 Å². The molecule has 1 atom stereocenters. The molecule has 1 fully saturated rings. The Hall–Kier alpha value is -2.12. The maximum atomic E-state index is 12.3. The molecule has 1 aromatic rings. The Labute approximate surface area is 130 Å². The Balaban J connectivity index is 1.62. The number of carbonyl (C=O) groups excluding carboxylic acids is 2. The summed E-state index contributed by atoms with van der Waals surface area (Å²) in [6, 6.07) is 5.14. The summed E-state index contributed by atoms with van der Waals surface area (Å²) in [5.74, 6) is 3.78. The third kappa shape index (κ3) is 3.05. The number of likely N-dealkylation sites (tertiary alicyclic amines) is 1. The van der Waals surface area contributed by atoms with Crippen LogP contribution in [0.1, 0.15) is 40.0 Å². The van der Waals surface area contributed by atoms with Crippen molar-refractivity contribution in [2.45, 2.75) is 19.3 Å². The zero-order chi connectivity index (χ0) is 15.5. The van der Waals surface area contributed by atoms with Crippen LogP contribution in [0.15, 0.2) is 18.2 Å². The van der Waals surface area contributed by atoms with E-state index < -0.39 is 0 Å². The summed E-state index contributed by atoms with van der Waals surface area (Å²) in [5, 5.41) is 0. The first-order valence-corrected chi connectivity index (χ1v) is 7.69. The molecule has 2 aliphatic rings. The highest BCUT2D eigenvalue weighted by molar-refractivity contribution is 6.03. The van der Waals surface area contributed by atoms with Crippen molar-refractivity contribution in [2.24, 2.45) is 5.92 Å². The molecule has 0 bridgehead atoms. The summed E-state index contributed by atoms with van der Waals surface area (Å²) >= 11 is 0. The smallest absolute Gasteiger partial charge is 0.170 e. The molecule has 22 heavy (non-hydrogen) atoms. The highest BCUT2D eigenvalue weighted by Gasteiger charge is 2.23. The number of carbonyl (C=O) groups is 2. The fourth-order valence-electron chi connectivity index (χ4n) is 3.01. The molecule has 0 saturated carbocycles. The molecule has 4 heteroatoms. The zero-order valence-corrected chi connectivity index (χ0v) is 12.5. The lowest BCUT2D eigenvalue weighted by molar-refractivity contribution is 0.0933. The number of hydrogen-bond acceptors (Lipinski definition) is 4. The Kier molecular flexibility index (Phi) is 4.26. The number of Topliss-reactive ketones (excluding diaryl/α,β-unsaturated/α-hetero) is 2. The summed E-state index contributed by atoms with van der Waals surface area (Å²) in [6.45, 7) is 2.97. The molecule has 114 valence electrons. The van der Waals surface area contributed by atoms with Gasteiger partial charge in [0.1, 0.15) is 5.75 Å². The monoisotopic (exact) mass is 297 g/mol. The maximum Gasteiger partial charge on any atom is 0.170 e. The molecule has 0 N–H and O–H groups in total. The normalized spacial score (nSPS) is 21.0. The average Bonchev–Trinajstić information content (AvgIpc) is 3.01. The largest absolute Gasteiger partial charge is 0.492 e. The van der Waals surface area contributed by atoms with Crippen LogP contribution in [-0.4, -0.2) is 42.7 Å². The first-order chi connectivity index (χ1) is 10.7. The van der Waals surface area contributed by atoms with Crippen molar-refractivity contribution < 1.29 is 14.3 Å². The van der Waals surface area contributed by atoms with Crippen LogP contribution in [-0.2, 0) is 0 Å². The molecule has 0 aromatic heterocycles. The van der Waals surface area contributed by atoms with E-state index in [4.69, 9.17) is 11.2 Å². The number of nitrogens with zero attached hydrogens (tertiary/aromatic N) is 1. The molecule has 3 rings (SSSR count). The minimum absolute atomic E-state index is 0.0484. The molecule has 0 amide bonds. The number of rotatable bonds is 4. The number of ether oxygens (including phenoxy) is 1. The quantitative estimate of drug-likeness (QED) is 0.631. The summed E-state index contributed by atoms with van der Waals surface area (Å²) in [7, 11) is 0. The van der Waals surface area contributed by atoms with Gasteiger partial charge >= 0.3 is 0 Å². The van der Waals surface area contributed by atoms with Gasteiger partial charge in [0.15, 0.2) is 11.6 Å². The van der Waals surface area contributed by atoms with Crippen LogP contribution in [0.3, 0.4) is 0 Å². The summed E-state index contributed by atoms with van der Waals surface area (Å²) in [5.41, 5.74) is 1.12. The second-order valence-electron chi connectivity index (χ2n) is 5.86. The van der Waals surface area contributed by atoms with Gasteiger partial charge in [-0.05, 0) is 31.2 Å². The Morgan fingerprint density at radius 3 is 3.09 bits per heavy atom. The SMILES string of the molecule is C#CC1CCN(CCC(=O)c2ccc3c(c2)C(=O)CCO3)C1. The fourth-order valence-corrected chi connectivity index (χ4v) is 3.01. The lowest BCUT2D eigenvalue weighted by Gasteiger charge is -2.17. The standard InChI is InChI=1S/C18H19NO3/c1-2-13-5-8-19(12-13)9-6-16(20)14-3-4-18-15(11-14)17(21)7-10-22-18/h1,3-4,11,13H,5-10,12H2. The number of terminal acetylenes is 1. The lowest BCUT2D eigenvalue weighted by atomic mass is 9.99. The van der Waals surface area contributed by atoms with E-state index in [0.29, 0.717) is 42.2 Å². The highest BCUT2D eigenvalue weighted by atomic mass is 16.5. The summed E-state index contributed by atoms with van der Waals surface area (Å²) in [4.78, 5) is 26.4. The number of ketones is 2. The Bertz CT molecular complexity index is 644. The minimum Gasteiger partial charge on any atom is -0.492 e. The van der Waals surface area contributed by atoms with Gasteiger partial charge in [0, 0.05) is 37.4 Å². The Morgan fingerprint density at radius 2 is 2.32 bits per heavy atom. The van der Waals surface area contributed by atoms with Crippen molar-refractivity contribution in [1.82, 2.24) is 4.90 Å². The van der Waals surface area contributed by atoms with E-state index in [1.807, 2.05) is 0 Å². The number of fused-ring (bicyclic) bond motifs is 1. The van der Waals surface area contributed by atoms with Gasteiger partial charge in [0.2, 0.25) is 0 Å². The van der Waals surface area contributed by atoms with E-state index in [2.05, 4.69) is 10.8 Å². The van der Waals surface area contributed by atoms with Gasteiger partial charge in [-0.15, -0.1) is 12.3 Å². The maximum absolute atomic E-state index is 12.3. The van der Waals surface area contributed by atoms with Crippen LogP contribution in [0.4, 0.5) is 0 Å². The van der Waals surface area contributed by atoms with Gasteiger partial charge in [-0.3, -0.25) is 9.59 Å². The molecule has 1 unspecified atom stereocenters. The van der Waals surface area contributed by atoms with E-state index >= 15 is 0 Å². The van der Waals surface area contributed by atoms with Gasteiger partial charge in [0.25, 0.3) is 0 Å². The summed E-state index contributed by atoms with van der Waals surface area (Å²) in [6.07, 6.45) is 7.27. The molecule has 4 nitrogen and oxygen atoms in total. The first kappa shape index (κ1) is 14.8. The fraction of sp³-hybridized carbons (Fsp3) is 0.444. The molecule has 0 aliphatic carbocycles. The van der Waals surface area contributed by atoms with E-state index in [9.17, 15) is 9.59 Å². The van der Waals surface area contributed by atoms with Crippen LogP contribution in [0.25, 0.3) is 0 Å². The molecule has 0 spiro atoms. The predicted octanol–water partition coefficient (Wildman–Crippen LogP) is 2.18. The van der Waals surface area contributed by atoms with Crippen LogP contribution in [0.5, 0.6) is 5.75 Å². The van der Waals surface area contributed by atoms with Crippen LogP contribution in [0, 0.1) is 18.3 Å². The topological polar surface area (TPSA) is 46.6 Å². The minimum atomic E-state index is 0.0484. The van der Waals surface area contributed by atoms with Crippen molar-refractivity contribution in [3.63, 3.8) is 0 Å². The third-order valence-electron chi connectivity index (χ3n) is 4.35. The van der Waals surface area contributed by atoms with Crippen molar-refractivity contribution in [3.05, 3.63) is 29.3 Å². The average molecular weight is 297 g/mol. The van der Waals surface area contributed by atoms with Gasteiger partial charge in [-0.25, -0.2) is 0 Å². The van der Waals surface area contributed by atoms with Crippen LogP contribution < -0.4 is 4.74 Å². The van der Waals surface area contributed by atoms with Crippen molar-refractivity contribution in [2.75, 3.05) is 26.2 Å². The molecule has 0 radical (unpaired) electrons. The van der Waals surface area contributed by atoms with E-state index in [0.717, 1.165) is 26.1 Å². The van der Waals surface area contributed by atoms with E-state index in [-0.39, 0.29) is 11.6 Å². The van der Waals surface area contributed by atoms with Gasteiger partial charge in [-0.1, -0.05) is 0 Å². The second-order valence-corrected chi connectivity index (χ2v) is 5.86. The van der Waals surface area contributed by atoms with Crippen molar-refractivity contribution in [3.8, 4) is 18.1 Å². The summed E-state index contributed by atoms with van der Waals surface area (Å²) < 4.78 is 5.43.